The molecule has 0 amide bonds. The Balaban J connectivity index is 0.00000103. The van der Waals surface area contributed by atoms with Crippen LogP contribution in [-0.2, 0) is 14.9 Å². The minimum Gasteiger partial charge on any atom is -0.299 e. The number of Topliss-reactive ketones (excluding diaryl/α,β-unsaturated/α-hetero) is 1. The lowest BCUT2D eigenvalue weighted by molar-refractivity contribution is -0.458. The van der Waals surface area contributed by atoms with E-state index in [4.69, 9.17) is 4.55 Å². The first-order chi connectivity index (χ1) is 18.9. The van der Waals surface area contributed by atoms with Gasteiger partial charge in [0.05, 0.1) is 0 Å². The van der Waals surface area contributed by atoms with Gasteiger partial charge in [0.25, 0.3) is 0 Å². The molecule has 1 atom stereocenters. The standard InChI is InChI=1S/C13H24OS.C8HF17O3S/c1-13(2,3)12(15)9-11(14)10-7-5-4-6-8-10;9-1(10,3(13,14)5(17,18)7(21,22)23)2(11,12)4(15,16)6(19,20)8(24,25)29(26,27)28/h10,12,15H,4-9H2,1-3H3;(H,26,27,28). The predicted molar refractivity (Wildman–Crippen MR) is 121 cm³/mol. The minimum absolute atomic E-state index is 0.132. The van der Waals surface area contributed by atoms with Crippen LogP contribution in [0.15, 0.2) is 0 Å². The van der Waals surface area contributed by atoms with Crippen molar-refractivity contribution in [2.24, 2.45) is 11.3 Å². The summed E-state index contributed by atoms with van der Waals surface area (Å²) >= 11 is 4.55. The maximum atomic E-state index is 13.0. The van der Waals surface area contributed by atoms with Gasteiger partial charge in [-0.2, -0.15) is 95.7 Å². The summed E-state index contributed by atoms with van der Waals surface area (Å²) < 4.78 is 242. The maximum Gasteiger partial charge on any atom is 0.460 e. The monoisotopic (exact) mass is 728 g/mol. The van der Waals surface area contributed by atoms with Gasteiger partial charge in [0, 0.05) is 17.6 Å². The zero-order chi connectivity index (χ0) is 36.0. The zero-order valence-electron chi connectivity index (χ0n) is 22.4. The van der Waals surface area contributed by atoms with Crippen molar-refractivity contribution in [3.05, 3.63) is 0 Å². The number of hydrogen-bond donors (Lipinski definition) is 2. The third-order valence-electron chi connectivity index (χ3n) is 6.47. The van der Waals surface area contributed by atoms with E-state index >= 15 is 0 Å². The topological polar surface area (TPSA) is 71.4 Å². The molecule has 1 unspecified atom stereocenters. The van der Waals surface area contributed by atoms with Crippen molar-refractivity contribution in [2.45, 2.75) is 112 Å². The number of rotatable bonds is 10. The normalized spacial score (nSPS) is 18.4. The van der Waals surface area contributed by atoms with Gasteiger partial charge in [0.15, 0.2) is 0 Å². The average molecular weight is 729 g/mol. The highest BCUT2D eigenvalue weighted by atomic mass is 32.2. The second-order valence-corrected chi connectivity index (χ2v) is 12.9. The Morgan fingerprint density at radius 2 is 0.977 bits per heavy atom. The molecule has 0 aromatic carbocycles. The van der Waals surface area contributed by atoms with Crippen LogP contribution in [-0.4, -0.2) is 71.0 Å². The number of hydrogen-bond acceptors (Lipinski definition) is 4. The lowest BCUT2D eigenvalue weighted by atomic mass is 9.81. The summed E-state index contributed by atoms with van der Waals surface area (Å²) in [6.45, 7) is 6.45. The molecule has 0 spiro atoms. The van der Waals surface area contributed by atoms with Crippen molar-refractivity contribution in [1.82, 2.24) is 0 Å². The molecule has 1 rings (SSSR count). The summed E-state index contributed by atoms with van der Waals surface area (Å²) in [5.74, 6) is -51.2. The van der Waals surface area contributed by atoms with Crippen molar-refractivity contribution in [3.63, 3.8) is 0 Å². The first-order valence-corrected chi connectivity index (χ1v) is 13.8. The molecule has 0 bridgehead atoms. The zero-order valence-corrected chi connectivity index (χ0v) is 24.1. The molecule has 1 aliphatic rings. The van der Waals surface area contributed by atoms with Crippen LogP contribution < -0.4 is 0 Å². The fourth-order valence-electron chi connectivity index (χ4n) is 3.40. The van der Waals surface area contributed by atoms with Gasteiger partial charge >= 0.3 is 57.1 Å². The van der Waals surface area contributed by atoms with Crippen LogP contribution >= 0.6 is 12.6 Å². The van der Waals surface area contributed by atoms with Gasteiger partial charge < -0.3 is 0 Å². The molecule has 1 aliphatic carbocycles. The van der Waals surface area contributed by atoms with Crippen LogP contribution in [0.4, 0.5) is 74.6 Å². The van der Waals surface area contributed by atoms with E-state index in [0.717, 1.165) is 12.8 Å². The number of thiol groups is 1. The van der Waals surface area contributed by atoms with E-state index in [9.17, 15) is 87.8 Å². The molecule has 264 valence electrons. The molecule has 4 nitrogen and oxygen atoms in total. The molecular weight excluding hydrogens is 703 g/mol. The number of carbonyl (C=O) groups is 1. The van der Waals surface area contributed by atoms with E-state index in [0.29, 0.717) is 18.1 Å². The number of carbonyl (C=O) groups excluding carboxylic acids is 1. The SMILES string of the molecule is CC(C)(C)C(S)CC(=O)C1CCCCC1.O=S(=O)(O)C(F)(F)C(F)(F)C(F)(F)C(F)(F)C(F)(F)C(F)(F)C(F)(F)C(F)(F)F. The van der Waals surface area contributed by atoms with E-state index in [-0.39, 0.29) is 10.7 Å². The molecule has 1 saturated carbocycles. The first-order valence-electron chi connectivity index (χ1n) is 11.8. The summed E-state index contributed by atoms with van der Waals surface area (Å²) in [5, 5.41) is -7.64. The van der Waals surface area contributed by atoms with Gasteiger partial charge in [-0.15, -0.1) is 0 Å². The Hall–Kier alpha value is -1.26. The molecule has 0 aliphatic heterocycles. The smallest absolute Gasteiger partial charge is 0.299 e. The fourth-order valence-corrected chi connectivity index (χ4v) is 4.03. The van der Waals surface area contributed by atoms with E-state index in [1.54, 1.807) is 0 Å². The average Bonchev–Trinajstić information content (AvgIpc) is 2.82. The lowest BCUT2D eigenvalue weighted by Crippen LogP contribution is -2.74. The van der Waals surface area contributed by atoms with Gasteiger partial charge in [-0.05, 0) is 18.3 Å². The van der Waals surface area contributed by atoms with E-state index in [1.807, 2.05) is 0 Å². The molecule has 1 N–H and O–H groups in total. The molecule has 23 heteroatoms. The Morgan fingerprint density at radius 1 is 0.659 bits per heavy atom. The van der Waals surface area contributed by atoms with Crippen molar-refractivity contribution in [1.29, 1.82) is 0 Å². The summed E-state index contributed by atoms with van der Waals surface area (Å²) in [5.41, 5.74) is 0.132. The second-order valence-electron chi connectivity index (χ2n) is 10.8. The summed E-state index contributed by atoms with van der Waals surface area (Å²) in [6.07, 6.45) is -1.21. The number of alkyl halides is 17. The molecule has 0 saturated heterocycles. The molecule has 1 fully saturated rings. The van der Waals surface area contributed by atoms with Gasteiger partial charge in [-0.1, -0.05) is 40.0 Å². The molecule has 0 heterocycles. The van der Waals surface area contributed by atoms with Gasteiger partial charge in [0.1, 0.15) is 5.78 Å². The van der Waals surface area contributed by atoms with Crippen molar-refractivity contribution in [2.75, 3.05) is 0 Å². The van der Waals surface area contributed by atoms with Gasteiger partial charge in [-0.3, -0.25) is 9.35 Å². The summed E-state index contributed by atoms with van der Waals surface area (Å²) in [4.78, 5) is 12.0. The highest BCUT2D eigenvalue weighted by Gasteiger charge is 2.96. The molecule has 0 radical (unpaired) electrons. The molecule has 0 aromatic rings. The molecular formula is C21H25F17O4S2. The lowest BCUT2D eigenvalue weighted by Gasteiger charge is -2.42. The largest absolute Gasteiger partial charge is 0.460 e. The van der Waals surface area contributed by atoms with Crippen LogP contribution in [0.1, 0.15) is 59.3 Å². The van der Waals surface area contributed by atoms with E-state index < -0.39 is 57.1 Å². The number of ketones is 1. The fraction of sp³-hybridized carbons (Fsp3) is 0.952. The van der Waals surface area contributed by atoms with Crippen LogP contribution in [0.5, 0.6) is 0 Å². The molecule has 44 heavy (non-hydrogen) atoms. The molecule has 0 aromatic heterocycles. The third kappa shape index (κ3) is 7.48. The second kappa shape index (κ2) is 12.7. The van der Waals surface area contributed by atoms with Crippen LogP contribution in [0, 0.1) is 11.3 Å². The van der Waals surface area contributed by atoms with Gasteiger partial charge in [-0.25, -0.2) is 0 Å². The van der Waals surface area contributed by atoms with Crippen molar-refractivity contribution >= 4 is 28.5 Å². The highest BCUT2D eigenvalue weighted by Crippen LogP contribution is 2.64. The van der Waals surface area contributed by atoms with E-state index in [2.05, 4.69) is 33.4 Å². The highest BCUT2D eigenvalue weighted by molar-refractivity contribution is 7.87. The summed E-state index contributed by atoms with van der Waals surface area (Å²) in [7, 11) is -7.89. The van der Waals surface area contributed by atoms with Crippen LogP contribution in [0.25, 0.3) is 0 Å². The van der Waals surface area contributed by atoms with E-state index in [1.165, 1.54) is 19.3 Å². The Bertz CT molecular complexity index is 1110. The van der Waals surface area contributed by atoms with Crippen molar-refractivity contribution in [3.8, 4) is 0 Å². The van der Waals surface area contributed by atoms with Crippen LogP contribution in [0.3, 0.4) is 0 Å². The maximum absolute atomic E-state index is 13.0. The number of halogens is 17. The minimum atomic E-state index is -8.89. The van der Waals surface area contributed by atoms with Gasteiger partial charge in [0.2, 0.25) is 0 Å². The Labute approximate surface area is 244 Å². The van der Waals surface area contributed by atoms with Crippen molar-refractivity contribution < 1.29 is 92.4 Å². The Morgan fingerprint density at radius 3 is 1.27 bits per heavy atom. The Kier molecular flexibility index (Phi) is 12.4. The first kappa shape index (κ1) is 42.7. The summed E-state index contributed by atoms with van der Waals surface area (Å²) in [6, 6.07) is 0. The third-order valence-corrected chi connectivity index (χ3v) is 8.33. The predicted octanol–water partition coefficient (Wildman–Crippen LogP) is 8.71. The van der Waals surface area contributed by atoms with Crippen LogP contribution in [0.2, 0.25) is 0 Å². The quantitative estimate of drug-likeness (QED) is 0.134.